The molecule has 122 valence electrons. The van der Waals surface area contributed by atoms with Gasteiger partial charge in [-0.3, -0.25) is 9.59 Å². The molecular formula is C16H31N3O2. The fourth-order valence-corrected chi connectivity index (χ4v) is 2.90. The van der Waals surface area contributed by atoms with Gasteiger partial charge in [-0.1, -0.05) is 26.7 Å². The third-order valence-corrected chi connectivity index (χ3v) is 4.81. The van der Waals surface area contributed by atoms with Gasteiger partial charge >= 0.3 is 0 Å². The van der Waals surface area contributed by atoms with Crippen LogP contribution in [0.3, 0.4) is 0 Å². The lowest BCUT2D eigenvalue weighted by Gasteiger charge is -2.28. The predicted molar refractivity (Wildman–Crippen MR) is 84.7 cm³/mol. The smallest absolute Gasteiger partial charge is 0.227 e. The van der Waals surface area contributed by atoms with Crippen LogP contribution >= 0.6 is 0 Å². The minimum absolute atomic E-state index is 0.0151. The van der Waals surface area contributed by atoms with E-state index >= 15 is 0 Å². The second-order valence-electron chi connectivity index (χ2n) is 5.99. The van der Waals surface area contributed by atoms with Crippen LogP contribution in [-0.2, 0) is 9.59 Å². The molecule has 1 rings (SSSR count). The van der Waals surface area contributed by atoms with Crippen LogP contribution in [-0.4, -0.2) is 42.9 Å². The zero-order chi connectivity index (χ0) is 15.7. The van der Waals surface area contributed by atoms with Crippen molar-refractivity contribution in [2.24, 2.45) is 11.1 Å². The van der Waals surface area contributed by atoms with Gasteiger partial charge in [0, 0.05) is 32.6 Å². The summed E-state index contributed by atoms with van der Waals surface area (Å²) in [5.74, 6) is 0.141. The summed E-state index contributed by atoms with van der Waals surface area (Å²) in [4.78, 5) is 26.3. The molecule has 3 N–H and O–H groups in total. The summed E-state index contributed by atoms with van der Waals surface area (Å²) in [6.45, 7) is 6.46. The van der Waals surface area contributed by atoms with Gasteiger partial charge < -0.3 is 16.0 Å². The normalized spacial score (nSPS) is 16.4. The van der Waals surface area contributed by atoms with Crippen molar-refractivity contribution in [2.45, 2.75) is 58.8 Å². The van der Waals surface area contributed by atoms with Crippen molar-refractivity contribution in [3.63, 3.8) is 0 Å². The minimum atomic E-state index is -0.481. The summed E-state index contributed by atoms with van der Waals surface area (Å²) in [6, 6.07) is 0. The molecule has 2 amide bonds. The van der Waals surface area contributed by atoms with Crippen LogP contribution in [0.2, 0.25) is 0 Å². The van der Waals surface area contributed by atoms with E-state index in [2.05, 4.69) is 5.32 Å². The van der Waals surface area contributed by atoms with Gasteiger partial charge in [0.15, 0.2) is 0 Å². The maximum atomic E-state index is 12.3. The third-order valence-electron chi connectivity index (χ3n) is 4.81. The maximum Gasteiger partial charge on any atom is 0.227 e. The molecule has 0 atom stereocenters. The Kier molecular flexibility index (Phi) is 7.72. The van der Waals surface area contributed by atoms with Gasteiger partial charge in [-0.15, -0.1) is 0 Å². The Morgan fingerprint density at radius 2 is 1.67 bits per heavy atom. The Morgan fingerprint density at radius 1 is 1.10 bits per heavy atom. The molecule has 0 aromatic heterocycles. The number of hydrogen-bond donors (Lipinski definition) is 2. The molecule has 0 saturated carbocycles. The van der Waals surface area contributed by atoms with E-state index in [9.17, 15) is 9.59 Å². The molecule has 0 aliphatic carbocycles. The summed E-state index contributed by atoms with van der Waals surface area (Å²) < 4.78 is 0. The van der Waals surface area contributed by atoms with E-state index in [0.29, 0.717) is 19.5 Å². The van der Waals surface area contributed by atoms with Crippen LogP contribution in [0, 0.1) is 5.41 Å². The largest absolute Gasteiger partial charge is 0.355 e. The SMILES string of the molecule is CCC(CC)(CN)C(=O)NCCC(=O)N1CCCCCC1. The quantitative estimate of drug-likeness (QED) is 0.750. The van der Waals surface area contributed by atoms with E-state index in [0.717, 1.165) is 38.8 Å². The number of carbonyl (C=O) groups excluding carboxylic acids is 2. The molecule has 0 bridgehead atoms. The second kappa shape index (κ2) is 9.03. The van der Waals surface area contributed by atoms with Crippen molar-refractivity contribution in [2.75, 3.05) is 26.2 Å². The lowest BCUT2D eigenvalue weighted by Crippen LogP contribution is -2.46. The molecule has 0 spiro atoms. The van der Waals surface area contributed by atoms with E-state index in [1.807, 2.05) is 18.7 Å². The van der Waals surface area contributed by atoms with E-state index < -0.39 is 5.41 Å². The van der Waals surface area contributed by atoms with Crippen LogP contribution in [0.15, 0.2) is 0 Å². The Balaban J connectivity index is 2.38. The molecule has 0 unspecified atom stereocenters. The van der Waals surface area contributed by atoms with Gasteiger partial charge in [-0.25, -0.2) is 0 Å². The van der Waals surface area contributed by atoms with E-state index in [1.165, 1.54) is 12.8 Å². The molecule has 21 heavy (non-hydrogen) atoms. The highest BCUT2D eigenvalue weighted by Gasteiger charge is 2.33. The molecule has 5 nitrogen and oxygen atoms in total. The van der Waals surface area contributed by atoms with Gasteiger partial charge in [0.1, 0.15) is 0 Å². The van der Waals surface area contributed by atoms with Gasteiger partial charge in [0.2, 0.25) is 11.8 Å². The standard InChI is InChI=1S/C16H31N3O2/c1-3-16(4-2,13-17)15(21)18-10-9-14(20)19-11-7-5-6-8-12-19/h3-13,17H2,1-2H3,(H,18,21). The van der Waals surface area contributed by atoms with E-state index in [-0.39, 0.29) is 11.8 Å². The van der Waals surface area contributed by atoms with Gasteiger partial charge in [-0.05, 0) is 25.7 Å². The number of hydrogen-bond acceptors (Lipinski definition) is 3. The molecule has 5 heteroatoms. The van der Waals surface area contributed by atoms with Crippen molar-refractivity contribution in [1.82, 2.24) is 10.2 Å². The van der Waals surface area contributed by atoms with Crippen LogP contribution in [0.5, 0.6) is 0 Å². The Hall–Kier alpha value is -1.10. The van der Waals surface area contributed by atoms with Gasteiger partial charge in [0.25, 0.3) is 0 Å². The lowest BCUT2D eigenvalue weighted by atomic mass is 9.81. The van der Waals surface area contributed by atoms with Crippen molar-refractivity contribution < 1.29 is 9.59 Å². The monoisotopic (exact) mass is 297 g/mol. The van der Waals surface area contributed by atoms with Crippen LogP contribution in [0.25, 0.3) is 0 Å². The predicted octanol–water partition coefficient (Wildman–Crippen LogP) is 1.66. The first-order valence-electron chi connectivity index (χ1n) is 8.35. The van der Waals surface area contributed by atoms with E-state index in [4.69, 9.17) is 5.73 Å². The Morgan fingerprint density at radius 3 is 2.14 bits per heavy atom. The number of nitrogens with one attached hydrogen (secondary N) is 1. The van der Waals surface area contributed by atoms with Crippen LogP contribution in [0.1, 0.15) is 58.8 Å². The van der Waals surface area contributed by atoms with E-state index in [1.54, 1.807) is 0 Å². The number of carbonyl (C=O) groups is 2. The van der Waals surface area contributed by atoms with Crippen LogP contribution < -0.4 is 11.1 Å². The molecular weight excluding hydrogens is 266 g/mol. The maximum absolute atomic E-state index is 12.3. The summed E-state index contributed by atoms with van der Waals surface area (Å²) in [5.41, 5.74) is 5.28. The molecule has 1 aliphatic heterocycles. The molecule has 0 radical (unpaired) electrons. The summed E-state index contributed by atoms with van der Waals surface area (Å²) in [5, 5.41) is 2.90. The van der Waals surface area contributed by atoms with Crippen molar-refractivity contribution in [3.8, 4) is 0 Å². The van der Waals surface area contributed by atoms with Gasteiger partial charge in [0.05, 0.1) is 5.41 Å². The molecule has 1 heterocycles. The summed E-state index contributed by atoms with van der Waals surface area (Å²) >= 11 is 0. The van der Waals surface area contributed by atoms with Crippen molar-refractivity contribution in [3.05, 3.63) is 0 Å². The second-order valence-corrected chi connectivity index (χ2v) is 5.99. The summed E-state index contributed by atoms with van der Waals surface area (Å²) in [6.07, 6.45) is 6.47. The topological polar surface area (TPSA) is 75.4 Å². The van der Waals surface area contributed by atoms with Crippen LogP contribution in [0.4, 0.5) is 0 Å². The zero-order valence-corrected chi connectivity index (χ0v) is 13.6. The molecule has 1 aliphatic rings. The first kappa shape index (κ1) is 18.0. The highest BCUT2D eigenvalue weighted by atomic mass is 16.2. The van der Waals surface area contributed by atoms with Crippen molar-refractivity contribution >= 4 is 11.8 Å². The lowest BCUT2D eigenvalue weighted by molar-refractivity contribution is -0.132. The number of nitrogens with zero attached hydrogens (tertiary/aromatic N) is 1. The number of nitrogens with two attached hydrogens (primary N) is 1. The molecule has 1 fully saturated rings. The molecule has 0 aromatic carbocycles. The first-order valence-corrected chi connectivity index (χ1v) is 8.35. The minimum Gasteiger partial charge on any atom is -0.355 e. The van der Waals surface area contributed by atoms with Crippen molar-refractivity contribution in [1.29, 1.82) is 0 Å². The Bertz CT molecular complexity index is 324. The number of likely N-dealkylation sites (tertiary alicyclic amines) is 1. The fourth-order valence-electron chi connectivity index (χ4n) is 2.90. The average molecular weight is 297 g/mol. The summed E-state index contributed by atoms with van der Waals surface area (Å²) in [7, 11) is 0. The highest BCUT2D eigenvalue weighted by molar-refractivity contribution is 5.83. The highest BCUT2D eigenvalue weighted by Crippen LogP contribution is 2.24. The Labute approximate surface area is 128 Å². The fraction of sp³-hybridized carbons (Fsp3) is 0.875. The van der Waals surface area contributed by atoms with Gasteiger partial charge in [-0.2, -0.15) is 0 Å². The molecule has 0 aromatic rings. The third kappa shape index (κ3) is 4.99. The molecule has 1 saturated heterocycles. The zero-order valence-electron chi connectivity index (χ0n) is 13.6. The number of amides is 2. The average Bonchev–Trinajstić information content (AvgIpc) is 2.78. The number of rotatable bonds is 7. The first-order chi connectivity index (χ1) is 10.1.